The van der Waals surface area contributed by atoms with Gasteiger partial charge < -0.3 is 10.2 Å². The summed E-state index contributed by atoms with van der Waals surface area (Å²) in [6.07, 6.45) is 2.38. The number of nitrogens with one attached hydrogen (secondary N) is 1. The third kappa shape index (κ3) is 4.38. The van der Waals surface area contributed by atoms with Crippen molar-refractivity contribution in [2.24, 2.45) is 0 Å². The molecule has 3 rings (SSSR count). The van der Waals surface area contributed by atoms with Gasteiger partial charge in [-0.1, -0.05) is 11.6 Å². The van der Waals surface area contributed by atoms with Crippen molar-refractivity contribution in [3.8, 4) is 0 Å². The van der Waals surface area contributed by atoms with Gasteiger partial charge in [0.25, 0.3) is 5.91 Å². The molecule has 1 aromatic heterocycles. The van der Waals surface area contributed by atoms with Crippen LogP contribution in [0.4, 0.5) is 0 Å². The molecule has 0 atom stereocenters. The quantitative estimate of drug-likeness (QED) is 0.876. The number of benzene rings is 1. The highest BCUT2D eigenvalue weighted by molar-refractivity contribution is 6.06. The summed E-state index contributed by atoms with van der Waals surface area (Å²) >= 11 is 0. The summed E-state index contributed by atoms with van der Waals surface area (Å²) in [7, 11) is 3.76. The number of aromatic nitrogens is 1. The lowest BCUT2D eigenvalue weighted by molar-refractivity contribution is 0.0798. The van der Waals surface area contributed by atoms with Gasteiger partial charge in [-0.25, -0.2) is 0 Å². The van der Waals surface area contributed by atoms with E-state index < -0.39 is 0 Å². The second-order valence-electron chi connectivity index (χ2n) is 6.22. The average Bonchev–Trinajstić information content (AvgIpc) is 3.35. The van der Waals surface area contributed by atoms with Gasteiger partial charge in [0.1, 0.15) is 0 Å². The molecule has 0 bridgehead atoms. The molecule has 0 saturated heterocycles. The topological polar surface area (TPSA) is 45.2 Å². The van der Waals surface area contributed by atoms with Gasteiger partial charge in [-0.3, -0.25) is 9.78 Å². The largest absolute Gasteiger partial charge is 0.340 e. The first kappa shape index (κ1) is 20.7. The molecule has 1 saturated carbocycles. The van der Waals surface area contributed by atoms with E-state index in [1.165, 1.54) is 12.8 Å². The van der Waals surface area contributed by atoms with Gasteiger partial charge in [-0.2, -0.15) is 0 Å². The van der Waals surface area contributed by atoms with Crippen molar-refractivity contribution in [1.82, 2.24) is 15.2 Å². The van der Waals surface area contributed by atoms with E-state index in [2.05, 4.69) is 17.4 Å². The minimum atomic E-state index is 0. The molecule has 1 N–H and O–H groups in total. The number of nitrogens with zero attached hydrogens (tertiary/aromatic N) is 2. The van der Waals surface area contributed by atoms with Crippen LogP contribution in [0.5, 0.6) is 0 Å². The Kier molecular flexibility index (Phi) is 7.46. The molecule has 0 spiro atoms. The Bertz CT molecular complexity index is 717. The molecular weight excluding hydrogens is 345 g/mol. The van der Waals surface area contributed by atoms with Crippen LogP contribution in [0, 0.1) is 6.92 Å². The fourth-order valence-electron chi connectivity index (χ4n) is 2.71. The van der Waals surface area contributed by atoms with Gasteiger partial charge in [0, 0.05) is 37.1 Å². The number of carbonyl (C=O) groups is 1. The molecule has 6 heteroatoms. The van der Waals surface area contributed by atoms with E-state index >= 15 is 0 Å². The molecule has 24 heavy (non-hydrogen) atoms. The molecule has 1 heterocycles. The van der Waals surface area contributed by atoms with Gasteiger partial charge in [0.2, 0.25) is 0 Å². The fourth-order valence-corrected chi connectivity index (χ4v) is 2.71. The van der Waals surface area contributed by atoms with Gasteiger partial charge in [-0.05, 0) is 45.0 Å². The Hall–Kier alpha value is -1.36. The van der Waals surface area contributed by atoms with Crippen LogP contribution in [0.25, 0.3) is 10.9 Å². The number of amides is 1. The SMILES string of the molecule is CNCCN(C)C(=O)c1cc(C2CC2)nc2ccc(C)cc12.Cl.Cl. The molecule has 0 aliphatic heterocycles. The molecule has 1 aromatic carbocycles. The van der Waals surface area contributed by atoms with Crippen molar-refractivity contribution < 1.29 is 4.79 Å². The van der Waals surface area contributed by atoms with Crippen LogP contribution in [-0.4, -0.2) is 43.0 Å². The van der Waals surface area contributed by atoms with E-state index in [9.17, 15) is 4.79 Å². The van der Waals surface area contributed by atoms with Gasteiger partial charge >= 0.3 is 0 Å². The molecule has 0 unspecified atom stereocenters. The molecule has 0 radical (unpaired) electrons. The summed E-state index contributed by atoms with van der Waals surface area (Å²) in [6.45, 7) is 3.54. The molecule has 132 valence electrons. The number of hydrogen-bond acceptors (Lipinski definition) is 3. The molecule has 1 amide bonds. The highest BCUT2D eigenvalue weighted by atomic mass is 35.5. The molecule has 2 aromatic rings. The Labute approximate surface area is 155 Å². The maximum Gasteiger partial charge on any atom is 0.254 e. The van der Waals surface area contributed by atoms with E-state index in [1.54, 1.807) is 4.90 Å². The van der Waals surface area contributed by atoms with E-state index in [0.29, 0.717) is 12.5 Å². The van der Waals surface area contributed by atoms with Crippen LogP contribution in [0.1, 0.15) is 40.4 Å². The lowest BCUT2D eigenvalue weighted by Crippen LogP contribution is -2.33. The summed E-state index contributed by atoms with van der Waals surface area (Å²) in [5.74, 6) is 0.620. The minimum Gasteiger partial charge on any atom is -0.340 e. The highest BCUT2D eigenvalue weighted by Gasteiger charge is 2.27. The first-order chi connectivity index (χ1) is 10.6. The van der Waals surface area contributed by atoms with Crippen molar-refractivity contribution >= 4 is 41.6 Å². The van der Waals surface area contributed by atoms with Crippen molar-refractivity contribution in [3.05, 3.63) is 41.1 Å². The Balaban J connectivity index is 0.00000144. The number of likely N-dealkylation sites (N-methyl/N-ethyl adjacent to an activating group) is 2. The predicted octanol–water partition coefficient (Wildman–Crippen LogP) is 3.56. The van der Waals surface area contributed by atoms with Crippen molar-refractivity contribution in [1.29, 1.82) is 0 Å². The molecule has 1 aliphatic carbocycles. The lowest BCUT2D eigenvalue weighted by atomic mass is 10.0. The summed E-state index contributed by atoms with van der Waals surface area (Å²) in [5.41, 5.74) is 3.94. The fraction of sp³-hybridized carbons (Fsp3) is 0.444. The predicted molar refractivity (Wildman–Crippen MR) is 104 cm³/mol. The maximum absolute atomic E-state index is 12.8. The van der Waals surface area contributed by atoms with Crippen LogP contribution >= 0.6 is 24.8 Å². The van der Waals surface area contributed by atoms with Crippen LogP contribution < -0.4 is 5.32 Å². The first-order valence-corrected chi connectivity index (χ1v) is 7.91. The first-order valence-electron chi connectivity index (χ1n) is 7.91. The Morgan fingerprint density at radius 2 is 2.00 bits per heavy atom. The van der Waals surface area contributed by atoms with E-state index in [0.717, 1.165) is 34.3 Å². The second-order valence-corrected chi connectivity index (χ2v) is 6.22. The standard InChI is InChI=1S/C18H23N3O.2ClH/c1-12-4-7-16-14(10-12)15(11-17(20-16)13-5-6-13)18(22)21(3)9-8-19-2;;/h4,7,10-11,13,19H,5-6,8-9H2,1-3H3;2*1H. The zero-order chi connectivity index (χ0) is 15.7. The van der Waals surface area contributed by atoms with Crippen LogP contribution in [0.3, 0.4) is 0 Å². The van der Waals surface area contributed by atoms with Gasteiger partial charge in [0.05, 0.1) is 11.1 Å². The van der Waals surface area contributed by atoms with Gasteiger partial charge in [-0.15, -0.1) is 24.8 Å². The number of carbonyl (C=O) groups excluding carboxylic acids is 1. The van der Waals surface area contributed by atoms with Crippen LogP contribution in [0.15, 0.2) is 24.3 Å². The number of pyridine rings is 1. The summed E-state index contributed by atoms with van der Waals surface area (Å²) in [4.78, 5) is 19.4. The normalized spacial score (nSPS) is 13.1. The number of hydrogen-bond donors (Lipinski definition) is 1. The summed E-state index contributed by atoms with van der Waals surface area (Å²) in [6, 6.07) is 8.17. The molecule has 4 nitrogen and oxygen atoms in total. The number of fused-ring (bicyclic) bond motifs is 1. The van der Waals surface area contributed by atoms with Crippen LogP contribution in [0.2, 0.25) is 0 Å². The summed E-state index contributed by atoms with van der Waals surface area (Å²) in [5, 5.41) is 4.05. The number of rotatable bonds is 5. The molecular formula is C18H25Cl2N3O. The maximum atomic E-state index is 12.8. The molecule has 1 fully saturated rings. The molecule has 1 aliphatic rings. The van der Waals surface area contributed by atoms with E-state index in [4.69, 9.17) is 4.98 Å². The Morgan fingerprint density at radius 3 is 2.62 bits per heavy atom. The van der Waals surface area contributed by atoms with Crippen LogP contribution in [-0.2, 0) is 0 Å². The third-order valence-corrected chi connectivity index (χ3v) is 4.25. The zero-order valence-electron chi connectivity index (χ0n) is 14.3. The lowest BCUT2D eigenvalue weighted by Gasteiger charge is -2.19. The Morgan fingerprint density at radius 1 is 1.29 bits per heavy atom. The summed E-state index contributed by atoms with van der Waals surface area (Å²) < 4.78 is 0. The van der Waals surface area contributed by atoms with E-state index in [1.807, 2.05) is 33.2 Å². The minimum absolute atomic E-state index is 0. The smallest absolute Gasteiger partial charge is 0.254 e. The highest BCUT2D eigenvalue weighted by Crippen LogP contribution is 2.40. The van der Waals surface area contributed by atoms with Gasteiger partial charge in [0.15, 0.2) is 0 Å². The average molecular weight is 370 g/mol. The van der Waals surface area contributed by atoms with E-state index in [-0.39, 0.29) is 30.7 Å². The monoisotopic (exact) mass is 369 g/mol. The van der Waals surface area contributed by atoms with Crippen molar-refractivity contribution in [3.63, 3.8) is 0 Å². The van der Waals surface area contributed by atoms with Crippen molar-refractivity contribution in [2.45, 2.75) is 25.7 Å². The third-order valence-electron chi connectivity index (χ3n) is 4.25. The number of aryl methyl sites for hydroxylation is 1. The number of halogens is 2. The van der Waals surface area contributed by atoms with Crippen molar-refractivity contribution in [2.75, 3.05) is 27.2 Å². The second kappa shape index (κ2) is 8.65. The zero-order valence-corrected chi connectivity index (χ0v) is 16.0.